The van der Waals surface area contributed by atoms with Gasteiger partial charge in [0.05, 0.1) is 5.69 Å². The van der Waals surface area contributed by atoms with E-state index in [1.165, 1.54) is 40.7 Å². The molecule has 33 heavy (non-hydrogen) atoms. The van der Waals surface area contributed by atoms with Crippen molar-refractivity contribution in [3.05, 3.63) is 64.7 Å². The van der Waals surface area contributed by atoms with Crippen molar-refractivity contribution in [2.45, 2.75) is 38.6 Å². The fraction of sp³-hybridized carbons (Fsp3) is 0.370. The van der Waals surface area contributed by atoms with Crippen molar-refractivity contribution >= 4 is 5.82 Å². The second-order valence-corrected chi connectivity index (χ2v) is 9.07. The van der Waals surface area contributed by atoms with Crippen LogP contribution in [0.3, 0.4) is 0 Å². The third kappa shape index (κ3) is 4.00. The van der Waals surface area contributed by atoms with Crippen LogP contribution in [0.1, 0.15) is 35.1 Å². The van der Waals surface area contributed by atoms with Gasteiger partial charge in [-0.05, 0) is 90.8 Å². The lowest BCUT2D eigenvalue weighted by Gasteiger charge is -2.29. The van der Waals surface area contributed by atoms with Crippen molar-refractivity contribution in [2.75, 3.05) is 32.2 Å². The molecule has 1 aromatic heterocycles. The molecule has 0 radical (unpaired) electrons. The monoisotopic (exact) mass is 443 g/mol. The Morgan fingerprint density at radius 3 is 2.61 bits per heavy atom. The second kappa shape index (κ2) is 8.60. The van der Waals surface area contributed by atoms with Crippen LogP contribution in [0.5, 0.6) is 17.2 Å². The summed E-state index contributed by atoms with van der Waals surface area (Å²) in [5.41, 5.74) is 13.5. The highest BCUT2D eigenvalue weighted by atomic mass is 16.7. The third-order valence-electron chi connectivity index (χ3n) is 6.99. The zero-order chi connectivity index (χ0) is 22.2. The van der Waals surface area contributed by atoms with E-state index < -0.39 is 0 Å². The zero-order valence-corrected chi connectivity index (χ0v) is 18.8. The summed E-state index contributed by atoms with van der Waals surface area (Å²) in [5.74, 6) is 3.34. The summed E-state index contributed by atoms with van der Waals surface area (Å²) in [6.07, 6.45) is 5.57. The highest BCUT2D eigenvalue weighted by Crippen LogP contribution is 2.38. The summed E-state index contributed by atoms with van der Waals surface area (Å²) in [4.78, 5) is 7.02. The summed E-state index contributed by atoms with van der Waals surface area (Å²) >= 11 is 0. The van der Waals surface area contributed by atoms with Gasteiger partial charge in [0.2, 0.25) is 6.79 Å². The average Bonchev–Trinajstić information content (AvgIpc) is 3.30. The van der Waals surface area contributed by atoms with Crippen LogP contribution in [0.15, 0.2) is 42.5 Å². The van der Waals surface area contributed by atoms with Crippen LogP contribution in [-0.4, -0.2) is 36.4 Å². The zero-order valence-electron chi connectivity index (χ0n) is 18.8. The van der Waals surface area contributed by atoms with E-state index in [2.05, 4.69) is 34.1 Å². The molecule has 3 aromatic rings. The molecule has 0 unspecified atom stereocenters. The number of rotatable bonds is 5. The molecule has 2 aromatic carbocycles. The van der Waals surface area contributed by atoms with Gasteiger partial charge in [-0.2, -0.15) is 0 Å². The fourth-order valence-electron chi connectivity index (χ4n) is 5.29. The summed E-state index contributed by atoms with van der Waals surface area (Å²) in [6.45, 7) is 3.87. The van der Waals surface area contributed by atoms with Crippen LogP contribution in [0.25, 0.3) is 11.3 Å². The minimum Gasteiger partial charge on any atom is -0.492 e. The molecule has 0 bridgehead atoms. The van der Waals surface area contributed by atoms with Gasteiger partial charge < -0.3 is 19.9 Å². The first-order valence-corrected chi connectivity index (χ1v) is 11.9. The number of nitrogens with zero attached hydrogens (tertiary/aromatic N) is 2. The van der Waals surface area contributed by atoms with Gasteiger partial charge in [-0.3, -0.25) is 4.90 Å². The van der Waals surface area contributed by atoms with E-state index >= 15 is 0 Å². The molecular formula is C27H29N3O3. The van der Waals surface area contributed by atoms with Crippen LogP contribution in [-0.2, 0) is 25.8 Å². The highest BCUT2D eigenvalue weighted by Gasteiger charge is 2.23. The number of anilines is 1. The van der Waals surface area contributed by atoms with Crippen LogP contribution in [0.2, 0.25) is 0 Å². The molecule has 0 fully saturated rings. The predicted octanol–water partition coefficient (Wildman–Crippen LogP) is 4.38. The number of aromatic nitrogens is 1. The number of benzene rings is 2. The van der Waals surface area contributed by atoms with Crippen LogP contribution >= 0.6 is 0 Å². The normalized spacial score (nSPS) is 16.8. The molecule has 170 valence electrons. The summed E-state index contributed by atoms with van der Waals surface area (Å²) in [5, 5.41) is 0. The Morgan fingerprint density at radius 2 is 1.76 bits per heavy atom. The summed E-state index contributed by atoms with van der Waals surface area (Å²) < 4.78 is 17.4. The van der Waals surface area contributed by atoms with Gasteiger partial charge in [0.15, 0.2) is 11.5 Å². The van der Waals surface area contributed by atoms with E-state index in [1.54, 1.807) is 0 Å². The molecule has 0 amide bonds. The Bertz CT molecular complexity index is 1190. The topological polar surface area (TPSA) is 69.8 Å². The van der Waals surface area contributed by atoms with Crippen LogP contribution in [0, 0.1) is 0 Å². The van der Waals surface area contributed by atoms with Crippen molar-refractivity contribution in [1.29, 1.82) is 0 Å². The Hall–Kier alpha value is -3.25. The van der Waals surface area contributed by atoms with Crippen LogP contribution in [0.4, 0.5) is 5.82 Å². The van der Waals surface area contributed by atoms with Crippen LogP contribution < -0.4 is 19.9 Å². The molecule has 1 aliphatic carbocycles. The number of pyridine rings is 1. The Balaban J connectivity index is 1.15. The average molecular weight is 444 g/mol. The van der Waals surface area contributed by atoms with Crippen molar-refractivity contribution in [3.8, 4) is 28.5 Å². The molecular weight excluding hydrogens is 414 g/mol. The number of nitrogen functional groups attached to an aromatic ring is 1. The molecule has 0 saturated carbocycles. The standard InChI is InChI=1S/C27H29N3O3/c28-27-7-3-6-23(29-27)21-8-9-24(22-5-2-1-4-20(21)22)31-13-12-30-11-10-18-14-25-26(33-17-32-25)15-19(18)16-30/h3,6-9,14-15H,1-2,4-5,10-13,16-17H2,(H2,28,29). The number of ether oxygens (including phenoxy) is 3. The van der Waals surface area contributed by atoms with E-state index in [0.717, 1.165) is 61.8 Å². The number of hydrogen-bond acceptors (Lipinski definition) is 6. The molecule has 2 N–H and O–H groups in total. The summed E-state index contributed by atoms with van der Waals surface area (Å²) in [6, 6.07) is 14.4. The SMILES string of the molecule is Nc1cccc(-c2ccc(OCCN3CCc4cc5c(cc4C3)OCO5)c3c2CCCC3)n1. The Morgan fingerprint density at radius 1 is 0.939 bits per heavy atom. The molecule has 0 atom stereocenters. The second-order valence-electron chi connectivity index (χ2n) is 9.07. The van der Waals surface area contributed by atoms with Gasteiger partial charge in [0.25, 0.3) is 0 Å². The minimum absolute atomic E-state index is 0.326. The van der Waals surface area contributed by atoms with Gasteiger partial charge >= 0.3 is 0 Å². The molecule has 6 nitrogen and oxygen atoms in total. The summed E-state index contributed by atoms with van der Waals surface area (Å²) in [7, 11) is 0. The first-order chi connectivity index (χ1) is 16.2. The van der Waals surface area contributed by atoms with E-state index in [-0.39, 0.29) is 0 Å². The molecule has 3 aliphatic rings. The molecule has 0 spiro atoms. The number of hydrogen-bond donors (Lipinski definition) is 1. The smallest absolute Gasteiger partial charge is 0.231 e. The highest BCUT2D eigenvalue weighted by molar-refractivity contribution is 5.69. The first kappa shape index (κ1) is 20.4. The van der Waals surface area contributed by atoms with Gasteiger partial charge in [0.1, 0.15) is 18.2 Å². The van der Waals surface area contributed by atoms with E-state index in [9.17, 15) is 0 Å². The van der Waals surface area contributed by atoms with Gasteiger partial charge in [-0.15, -0.1) is 0 Å². The maximum atomic E-state index is 6.35. The minimum atomic E-state index is 0.326. The Labute approximate surface area is 194 Å². The van der Waals surface area contributed by atoms with E-state index in [4.69, 9.17) is 19.9 Å². The number of nitrogens with two attached hydrogens (primary N) is 1. The molecule has 2 aliphatic heterocycles. The van der Waals surface area contributed by atoms with E-state index in [0.29, 0.717) is 19.2 Å². The number of fused-ring (bicyclic) bond motifs is 3. The third-order valence-corrected chi connectivity index (χ3v) is 6.99. The van der Waals surface area contributed by atoms with Gasteiger partial charge in [-0.25, -0.2) is 4.98 Å². The predicted molar refractivity (Wildman–Crippen MR) is 128 cm³/mol. The van der Waals surface area contributed by atoms with Crippen molar-refractivity contribution in [2.24, 2.45) is 0 Å². The maximum absolute atomic E-state index is 6.35. The van der Waals surface area contributed by atoms with Gasteiger partial charge in [0, 0.05) is 25.2 Å². The molecule has 6 rings (SSSR count). The Kier molecular flexibility index (Phi) is 5.30. The van der Waals surface area contributed by atoms with E-state index in [1.807, 2.05) is 18.2 Å². The fourth-order valence-corrected chi connectivity index (χ4v) is 5.29. The largest absolute Gasteiger partial charge is 0.492 e. The van der Waals surface area contributed by atoms with Crippen molar-refractivity contribution in [3.63, 3.8) is 0 Å². The van der Waals surface area contributed by atoms with Gasteiger partial charge in [-0.1, -0.05) is 6.07 Å². The van der Waals surface area contributed by atoms with Crippen molar-refractivity contribution in [1.82, 2.24) is 9.88 Å². The maximum Gasteiger partial charge on any atom is 0.231 e. The van der Waals surface area contributed by atoms with Crippen molar-refractivity contribution < 1.29 is 14.2 Å². The quantitative estimate of drug-likeness (QED) is 0.631. The molecule has 0 saturated heterocycles. The molecule has 6 heteroatoms. The lowest BCUT2D eigenvalue weighted by molar-refractivity contribution is 0.174. The lowest BCUT2D eigenvalue weighted by Crippen LogP contribution is -2.33. The lowest BCUT2D eigenvalue weighted by atomic mass is 9.86. The molecule has 3 heterocycles. The first-order valence-electron chi connectivity index (χ1n) is 11.9.